The van der Waals surface area contributed by atoms with Gasteiger partial charge in [0.15, 0.2) is 9.61 Å². The molecule has 0 spiro atoms. The van der Waals surface area contributed by atoms with Crippen LogP contribution in [0.5, 0.6) is 0 Å². The van der Waals surface area contributed by atoms with E-state index < -0.39 is 17.6 Å². The average Bonchev–Trinajstić information content (AvgIpc) is 2.31. The zero-order valence-electron chi connectivity index (χ0n) is 5.44. The van der Waals surface area contributed by atoms with Gasteiger partial charge >= 0.3 is 11.9 Å². The van der Waals surface area contributed by atoms with Gasteiger partial charge in [0, 0.05) is 0 Å². The summed E-state index contributed by atoms with van der Waals surface area (Å²) in [6.45, 7) is 0. The van der Waals surface area contributed by atoms with Crippen molar-refractivity contribution in [2.45, 2.75) is 0 Å². The zero-order chi connectivity index (χ0) is 9.30. The second kappa shape index (κ2) is 3.20. The highest BCUT2D eigenvalue weighted by Gasteiger charge is 2.21. The number of rotatable bonds is 2. The highest BCUT2D eigenvalue weighted by molar-refractivity contribution is 9.11. The first-order valence-corrected chi connectivity index (χ1v) is 4.26. The summed E-state index contributed by atoms with van der Waals surface area (Å²) < 4.78 is 0.248. The fourth-order valence-electron chi connectivity index (χ4n) is 0.584. The molecule has 0 saturated heterocycles. The number of aromatic nitrogens is 1. The summed E-state index contributed by atoms with van der Waals surface area (Å²) in [6.07, 6.45) is 0. The predicted octanol–water partition coefficient (Wildman–Crippen LogP) is 1.30. The first kappa shape index (κ1) is 9.14. The van der Waals surface area contributed by atoms with Gasteiger partial charge in [0.2, 0.25) is 0 Å². The van der Waals surface area contributed by atoms with Crippen LogP contribution in [-0.4, -0.2) is 27.1 Å². The number of carboxylic acids is 2. The van der Waals surface area contributed by atoms with Crippen molar-refractivity contribution in [3.8, 4) is 0 Å². The number of hydrogen-bond donors (Lipinski definition) is 2. The van der Waals surface area contributed by atoms with E-state index in [1.54, 1.807) is 0 Å². The molecule has 0 amide bonds. The van der Waals surface area contributed by atoms with Crippen molar-refractivity contribution in [3.63, 3.8) is 0 Å². The molecule has 2 N–H and O–H groups in total. The molecular formula is C5H2BrNO4S. The maximum absolute atomic E-state index is 10.4. The van der Waals surface area contributed by atoms with Crippen LogP contribution in [0.15, 0.2) is 3.92 Å². The first-order chi connectivity index (χ1) is 5.52. The fraction of sp³-hybridized carbons (Fsp3) is 0. The van der Waals surface area contributed by atoms with Crippen LogP contribution in [-0.2, 0) is 0 Å². The zero-order valence-corrected chi connectivity index (χ0v) is 7.85. The minimum atomic E-state index is -1.34. The standard InChI is InChI=1S/C5H2BrNO4S/c6-5-7-1(3(8)9)2(12-5)4(10)11/h(H,8,9)(H,10,11). The molecule has 1 aromatic rings. The van der Waals surface area contributed by atoms with Crippen LogP contribution < -0.4 is 0 Å². The van der Waals surface area contributed by atoms with E-state index in [1.165, 1.54) is 0 Å². The maximum Gasteiger partial charge on any atom is 0.356 e. The summed E-state index contributed by atoms with van der Waals surface area (Å²) in [6, 6.07) is 0. The van der Waals surface area contributed by atoms with Crippen molar-refractivity contribution in [2.24, 2.45) is 0 Å². The highest BCUT2D eigenvalue weighted by atomic mass is 79.9. The molecule has 0 aliphatic rings. The second-order valence-corrected chi connectivity index (χ2v) is 4.03. The Hall–Kier alpha value is -0.950. The van der Waals surface area contributed by atoms with Crippen LogP contribution in [0.2, 0.25) is 0 Å². The molecule has 12 heavy (non-hydrogen) atoms. The molecule has 0 bridgehead atoms. The van der Waals surface area contributed by atoms with Crippen molar-refractivity contribution >= 4 is 39.2 Å². The van der Waals surface area contributed by atoms with Crippen molar-refractivity contribution in [1.82, 2.24) is 4.98 Å². The summed E-state index contributed by atoms with van der Waals surface area (Å²) in [5.41, 5.74) is -0.431. The molecular weight excluding hydrogens is 250 g/mol. The number of aromatic carboxylic acids is 2. The van der Waals surface area contributed by atoms with Crippen molar-refractivity contribution < 1.29 is 19.8 Å². The van der Waals surface area contributed by atoms with Gasteiger partial charge in [-0.15, -0.1) is 0 Å². The van der Waals surface area contributed by atoms with Gasteiger partial charge in [0.05, 0.1) is 0 Å². The molecule has 0 unspecified atom stereocenters. The molecule has 5 nitrogen and oxygen atoms in total. The topological polar surface area (TPSA) is 87.5 Å². The predicted molar refractivity (Wildman–Crippen MR) is 43.7 cm³/mol. The minimum Gasteiger partial charge on any atom is -0.477 e. The van der Waals surface area contributed by atoms with E-state index in [4.69, 9.17) is 10.2 Å². The monoisotopic (exact) mass is 251 g/mol. The Labute approximate surface area is 78.8 Å². The van der Waals surface area contributed by atoms with Gasteiger partial charge in [0.25, 0.3) is 0 Å². The van der Waals surface area contributed by atoms with Crippen LogP contribution in [0.1, 0.15) is 20.2 Å². The summed E-state index contributed by atoms with van der Waals surface area (Å²) in [5.74, 6) is -2.62. The van der Waals surface area contributed by atoms with Gasteiger partial charge in [0.1, 0.15) is 4.88 Å². The van der Waals surface area contributed by atoms with Crippen LogP contribution in [0, 0.1) is 0 Å². The molecule has 0 fully saturated rings. The summed E-state index contributed by atoms with van der Waals surface area (Å²) >= 11 is 3.68. The molecule has 0 aliphatic heterocycles. The molecule has 0 atom stereocenters. The molecule has 0 aromatic carbocycles. The third-order valence-electron chi connectivity index (χ3n) is 0.998. The molecule has 64 valence electrons. The fourth-order valence-corrected chi connectivity index (χ4v) is 1.87. The van der Waals surface area contributed by atoms with E-state index in [2.05, 4.69) is 20.9 Å². The second-order valence-electron chi connectivity index (χ2n) is 1.75. The average molecular weight is 252 g/mol. The van der Waals surface area contributed by atoms with Crippen molar-refractivity contribution in [3.05, 3.63) is 14.5 Å². The number of carbonyl (C=O) groups is 2. The van der Waals surface area contributed by atoms with Gasteiger partial charge in [-0.1, -0.05) is 11.3 Å². The van der Waals surface area contributed by atoms with Gasteiger partial charge in [-0.3, -0.25) is 0 Å². The van der Waals surface area contributed by atoms with E-state index in [-0.39, 0.29) is 8.79 Å². The highest BCUT2D eigenvalue weighted by Crippen LogP contribution is 2.23. The lowest BCUT2D eigenvalue weighted by atomic mass is 10.4. The normalized spacial score (nSPS) is 9.75. The van der Waals surface area contributed by atoms with Crippen molar-refractivity contribution in [2.75, 3.05) is 0 Å². The molecule has 1 aromatic heterocycles. The Morgan fingerprint density at radius 2 is 1.92 bits per heavy atom. The summed E-state index contributed by atoms with van der Waals surface area (Å²) in [5, 5.41) is 17.0. The van der Waals surface area contributed by atoms with Gasteiger partial charge in [-0.25, -0.2) is 14.6 Å². The Kier molecular flexibility index (Phi) is 2.43. The number of carboxylic acid groups (broad SMARTS) is 2. The molecule has 7 heteroatoms. The van der Waals surface area contributed by atoms with Crippen LogP contribution in [0.4, 0.5) is 0 Å². The minimum absolute atomic E-state index is 0.248. The third kappa shape index (κ3) is 1.62. The largest absolute Gasteiger partial charge is 0.477 e. The Bertz CT molecular complexity index is 316. The molecule has 0 saturated carbocycles. The smallest absolute Gasteiger partial charge is 0.356 e. The Morgan fingerprint density at radius 1 is 1.33 bits per heavy atom. The summed E-state index contributed by atoms with van der Waals surface area (Å²) in [4.78, 5) is 24.0. The van der Waals surface area contributed by atoms with Crippen LogP contribution in [0.25, 0.3) is 0 Å². The molecule has 1 rings (SSSR count). The van der Waals surface area contributed by atoms with Gasteiger partial charge in [-0.2, -0.15) is 0 Å². The Morgan fingerprint density at radius 3 is 2.25 bits per heavy atom. The van der Waals surface area contributed by atoms with Crippen molar-refractivity contribution in [1.29, 1.82) is 0 Å². The lowest BCUT2D eigenvalue weighted by molar-refractivity contribution is 0.0651. The van der Waals surface area contributed by atoms with Gasteiger partial charge < -0.3 is 10.2 Å². The van der Waals surface area contributed by atoms with E-state index in [0.29, 0.717) is 0 Å². The maximum atomic E-state index is 10.4. The van der Waals surface area contributed by atoms with E-state index in [0.717, 1.165) is 11.3 Å². The Balaban J connectivity index is 3.26. The number of nitrogens with zero attached hydrogens (tertiary/aromatic N) is 1. The molecule has 1 heterocycles. The third-order valence-corrected chi connectivity index (χ3v) is 2.49. The number of halogens is 1. The summed E-state index contributed by atoms with van der Waals surface area (Å²) in [7, 11) is 0. The van der Waals surface area contributed by atoms with Gasteiger partial charge in [-0.05, 0) is 15.9 Å². The lowest BCUT2D eigenvalue weighted by Crippen LogP contribution is -2.05. The van der Waals surface area contributed by atoms with Crippen LogP contribution >= 0.6 is 27.3 Å². The number of hydrogen-bond acceptors (Lipinski definition) is 4. The van der Waals surface area contributed by atoms with E-state index in [1.807, 2.05) is 0 Å². The number of thiazole rings is 1. The molecule has 0 aliphatic carbocycles. The van der Waals surface area contributed by atoms with Crippen LogP contribution in [0.3, 0.4) is 0 Å². The SMILES string of the molecule is O=C(O)c1nc(Br)sc1C(=O)O. The molecule has 0 radical (unpaired) electrons. The lowest BCUT2D eigenvalue weighted by Gasteiger charge is -1.87. The quantitative estimate of drug-likeness (QED) is 0.828. The first-order valence-electron chi connectivity index (χ1n) is 2.65. The van der Waals surface area contributed by atoms with E-state index in [9.17, 15) is 9.59 Å². The van der Waals surface area contributed by atoms with E-state index >= 15 is 0 Å².